The summed E-state index contributed by atoms with van der Waals surface area (Å²) in [5.41, 5.74) is 3.29. The van der Waals surface area contributed by atoms with Gasteiger partial charge in [-0.1, -0.05) is 23.5 Å². The van der Waals surface area contributed by atoms with Crippen LogP contribution in [0.15, 0.2) is 38.8 Å². The molecule has 0 N–H and O–H groups in total. The van der Waals surface area contributed by atoms with Crippen LogP contribution in [0.4, 0.5) is 0 Å². The van der Waals surface area contributed by atoms with Gasteiger partial charge in [-0.05, 0) is 62.3 Å². The Kier molecular flexibility index (Phi) is 6.97. The number of sulfonamides is 1. The van der Waals surface area contributed by atoms with E-state index >= 15 is 0 Å². The molecule has 32 heavy (non-hydrogen) atoms. The lowest BCUT2D eigenvalue weighted by molar-refractivity contribution is -0.121. The Hall–Kier alpha value is -1.85. The van der Waals surface area contributed by atoms with Gasteiger partial charge in [-0.2, -0.15) is 9.30 Å². The van der Waals surface area contributed by atoms with E-state index in [1.807, 2.05) is 18.4 Å². The number of aromatic nitrogens is 1. The molecule has 4 rings (SSSR count). The molecular weight excluding hydrogens is 466 g/mol. The number of carbonyl (C=O) groups excluding carboxylic acids is 1. The maximum absolute atomic E-state index is 13.2. The fourth-order valence-electron chi connectivity index (χ4n) is 4.08. The molecule has 0 aliphatic carbocycles. The molecule has 1 fully saturated rings. The maximum atomic E-state index is 13.2. The van der Waals surface area contributed by atoms with Gasteiger partial charge >= 0.3 is 0 Å². The number of ether oxygens (including phenoxy) is 1. The third kappa shape index (κ3) is 4.47. The van der Waals surface area contributed by atoms with Crippen LogP contribution in [0.3, 0.4) is 0 Å². The number of nitrogens with zero attached hydrogens (tertiary/aromatic N) is 3. The standard InChI is InChI=1S/C22H27N3O4S3/c1-4-29-11-10-24-18-14-15(2)13-16(3)20(18)31-22(24)23-21(26)17-7-5-9-25(17)32(27,28)19-8-6-12-30-19/h6,8,12-14,17H,4-5,7,9-11H2,1-3H3/t17-/m0/s1. The van der Waals surface area contributed by atoms with Crippen LogP contribution in [-0.4, -0.2) is 49.0 Å². The summed E-state index contributed by atoms with van der Waals surface area (Å²) in [6.07, 6.45) is 1.13. The number of aryl methyl sites for hydroxylation is 2. The van der Waals surface area contributed by atoms with Gasteiger partial charge in [0.05, 0.1) is 16.8 Å². The first-order valence-corrected chi connectivity index (χ1v) is 13.8. The van der Waals surface area contributed by atoms with Gasteiger partial charge in [-0.15, -0.1) is 11.3 Å². The maximum Gasteiger partial charge on any atom is 0.266 e. The third-order valence-corrected chi connectivity index (χ3v) is 10.0. The largest absolute Gasteiger partial charge is 0.380 e. The minimum atomic E-state index is -3.70. The molecule has 0 saturated carbocycles. The summed E-state index contributed by atoms with van der Waals surface area (Å²) in [7, 11) is -3.70. The number of fused-ring (bicyclic) bond motifs is 1. The van der Waals surface area contributed by atoms with Crippen LogP contribution in [0.5, 0.6) is 0 Å². The van der Waals surface area contributed by atoms with E-state index in [-0.39, 0.29) is 4.21 Å². The van der Waals surface area contributed by atoms with Gasteiger partial charge in [-0.3, -0.25) is 4.79 Å². The second kappa shape index (κ2) is 9.56. The lowest BCUT2D eigenvalue weighted by atomic mass is 10.1. The first kappa shape index (κ1) is 23.3. The Morgan fingerprint density at radius 2 is 2.12 bits per heavy atom. The van der Waals surface area contributed by atoms with E-state index in [1.165, 1.54) is 27.0 Å². The van der Waals surface area contributed by atoms with E-state index in [1.54, 1.807) is 17.5 Å². The molecular formula is C22H27N3O4S3. The van der Waals surface area contributed by atoms with Crippen molar-refractivity contribution >= 4 is 48.8 Å². The van der Waals surface area contributed by atoms with Crippen molar-refractivity contribution in [2.45, 2.75) is 50.4 Å². The minimum Gasteiger partial charge on any atom is -0.380 e. The first-order valence-electron chi connectivity index (χ1n) is 10.6. The number of amides is 1. The van der Waals surface area contributed by atoms with E-state index in [2.05, 4.69) is 24.0 Å². The van der Waals surface area contributed by atoms with Gasteiger partial charge in [0, 0.05) is 19.7 Å². The number of benzene rings is 1. The Labute approximate surface area is 196 Å². The van der Waals surface area contributed by atoms with Gasteiger partial charge in [0.2, 0.25) is 0 Å². The van der Waals surface area contributed by atoms with Gasteiger partial charge < -0.3 is 9.30 Å². The van der Waals surface area contributed by atoms with Crippen LogP contribution in [0.2, 0.25) is 0 Å². The SMILES string of the molecule is CCOCCn1c(=NC(=O)[C@@H]2CCCN2S(=O)(=O)c2cccs2)sc2c(C)cc(C)cc21. The highest BCUT2D eigenvalue weighted by Gasteiger charge is 2.40. The third-order valence-electron chi connectivity index (χ3n) is 5.53. The monoisotopic (exact) mass is 493 g/mol. The zero-order valence-corrected chi connectivity index (χ0v) is 20.9. The van der Waals surface area contributed by atoms with Crippen molar-refractivity contribution in [3.63, 3.8) is 0 Å². The molecule has 7 nitrogen and oxygen atoms in total. The summed E-state index contributed by atoms with van der Waals surface area (Å²) in [5.74, 6) is -0.409. The van der Waals surface area contributed by atoms with Crippen molar-refractivity contribution in [1.82, 2.24) is 8.87 Å². The van der Waals surface area contributed by atoms with Crippen molar-refractivity contribution in [3.05, 3.63) is 45.6 Å². The molecule has 1 saturated heterocycles. The first-order chi connectivity index (χ1) is 15.3. The van der Waals surface area contributed by atoms with E-state index in [4.69, 9.17) is 4.74 Å². The van der Waals surface area contributed by atoms with Crippen molar-refractivity contribution in [2.24, 2.45) is 4.99 Å². The average Bonchev–Trinajstić information content (AvgIpc) is 3.49. The molecule has 3 heterocycles. The molecule has 0 bridgehead atoms. The van der Waals surface area contributed by atoms with Crippen molar-refractivity contribution in [3.8, 4) is 0 Å². The normalized spacial score (nSPS) is 18.1. The predicted molar refractivity (Wildman–Crippen MR) is 128 cm³/mol. The topological polar surface area (TPSA) is 81.0 Å². The minimum absolute atomic E-state index is 0.261. The molecule has 1 amide bonds. The Balaban J connectivity index is 1.74. The zero-order valence-electron chi connectivity index (χ0n) is 18.4. The van der Waals surface area contributed by atoms with E-state index < -0.39 is 22.0 Å². The second-order valence-corrected chi connectivity index (χ2v) is 11.9. The van der Waals surface area contributed by atoms with Crippen LogP contribution in [-0.2, 0) is 26.1 Å². The number of thiophene rings is 1. The van der Waals surface area contributed by atoms with Crippen molar-refractivity contribution in [2.75, 3.05) is 19.8 Å². The number of rotatable bonds is 7. The molecule has 0 spiro atoms. The van der Waals surface area contributed by atoms with Crippen molar-refractivity contribution < 1.29 is 17.9 Å². The van der Waals surface area contributed by atoms with Gasteiger partial charge in [-0.25, -0.2) is 8.42 Å². The Bertz CT molecular complexity index is 1290. The van der Waals surface area contributed by atoms with Gasteiger partial charge in [0.1, 0.15) is 10.3 Å². The van der Waals surface area contributed by atoms with E-state index in [9.17, 15) is 13.2 Å². The molecule has 10 heteroatoms. The van der Waals surface area contributed by atoms with E-state index in [0.29, 0.717) is 43.9 Å². The molecule has 172 valence electrons. The summed E-state index contributed by atoms with van der Waals surface area (Å²) in [6, 6.07) is 6.73. The smallest absolute Gasteiger partial charge is 0.266 e. The Morgan fingerprint density at radius 3 is 2.84 bits per heavy atom. The van der Waals surface area contributed by atoms with Crippen LogP contribution in [0.1, 0.15) is 30.9 Å². The summed E-state index contributed by atoms with van der Waals surface area (Å²) in [6.45, 7) is 8.08. The molecule has 1 aliphatic heterocycles. The molecule has 1 aromatic carbocycles. The summed E-state index contributed by atoms with van der Waals surface area (Å²) >= 11 is 2.63. The predicted octanol–water partition coefficient (Wildman–Crippen LogP) is 3.70. The summed E-state index contributed by atoms with van der Waals surface area (Å²) in [4.78, 5) is 18.3. The van der Waals surface area contributed by atoms with E-state index in [0.717, 1.165) is 21.3 Å². The summed E-state index contributed by atoms with van der Waals surface area (Å²) < 4.78 is 36.3. The highest BCUT2D eigenvalue weighted by Crippen LogP contribution is 2.29. The fourth-order valence-corrected chi connectivity index (χ4v) is 7.97. The van der Waals surface area contributed by atoms with Crippen LogP contribution >= 0.6 is 22.7 Å². The highest BCUT2D eigenvalue weighted by atomic mass is 32.2. The van der Waals surface area contributed by atoms with Crippen molar-refractivity contribution in [1.29, 1.82) is 0 Å². The second-order valence-electron chi connectivity index (χ2n) is 7.82. The molecule has 2 aromatic heterocycles. The van der Waals surface area contributed by atoms with Crippen LogP contribution < -0.4 is 4.80 Å². The molecule has 0 radical (unpaired) electrons. The quantitative estimate of drug-likeness (QED) is 0.470. The average molecular weight is 494 g/mol. The summed E-state index contributed by atoms with van der Waals surface area (Å²) in [5, 5.41) is 1.73. The Morgan fingerprint density at radius 1 is 1.31 bits per heavy atom. The highest BCUT2D eigenvalue weighted by molar-refractivity contribution is 7.91. The lowest BCUT2D eigenvalue weighted by Gasteiger charge is -2.20. The number of carbonyl (C=O) groups is 1. The van der Waals surface area contributed by atoms with Gasteiger partial charge in [0.15, 0.2) is 4.80 Å². The molecule has 3 aromatic rings. The van der Waals surface area contributed by atoms with Crippen LogP contribution in [0.25, 0.3) is 10.2 Å². The van der Waals surface area contributed by atoms with Crippen LogP contribution in [0, 0.1) is 13.8 Å². The molecule has 0 unspecified atom stereocenters. The fraction of sp³-hybridized carbons (Fsp3) is 0.455. The lowest BCUT2D eigenvalue weighted by Crippen LogP contribution is -2.40. The molecule has 1 aliphatic rings. The van der Waals surface area contributed by atoms with Gasteiger partial charge in [0.25, 0.3) is 15.9 Å². The zero-order chi connectivity index (χ0) is 22.9. The molecule has 1 atom stereocenters. The number of hydrogen-bond acceptors (Lipinski definition) is 6. The number of hydrogen-bond donors (Lipinski definition) is 0. The number of thiazole rings is 1.